The smallest absolute Gasteiger partial charge is 0.311 e. The van der Waals surface area contributed by atoms with Crippen LogP contribution >= 0.6 is 0 Å². The van der Waals surface area contributed by atoms with Crippen LogP contribution < -0.4 is 10.2 Å². The van der Waals surface area contributed by atoms with Gasteiger partial charge in [0.25, 0.3) is 5.78 Å². The fourth-order valence-corrected chi connectivity index (χ4v) is 2.28. The van der Waals surface area contributed by atoms with E-state index in [1.807, 2.05) is 19.9 Å². The van der Waals surface area contributed by atoms with Crippen molar-refractivity contribution in [2.75, 3.05) is 7.11 Å². The first kappa shape index (κ1) is 16.4. The predicted octanol–water partition coefficient (Wildman–Crippen LogP) is 1.22. The van der Waals surface area contributed by atoms with Crippen LogP contribution in [0.4, 0.5) is 0 Å². The first-order valence-electron chi connectivity index (χ1n) is 7.40. The second-order valence-electron chi connectivity index (χ2n) is 5.28. The number of benzene rings is 1. The number of hydrogen-bond acceptors (Lipinski definition) is 7. The van der Waals surface area contributed by atoms with Crippen molar-refractivity contribution in [3.05, 3.63) is 47.0 Å². The Labute approximate surface area is 143 Å². The molecule has 0 radical (unpaired) electrons. The topological polar surface area (TPSA) is 114 Å². The summed E-state index contributed by atoms with van der Waals surface area (Å²) < 4.78 is 6.49. The molecule has 1 aromatic carbocycles. The maximum Gasteiger partial charge on any atom is 0.311 e. The number of nitrogens with one attached hydrogen (secondary N) is 1. The van der Waals surface area contributed by atoms with Crippen LogP contribution in [-0.2, 0) is 0 Å². The van der Waals surface area contributed by atoms with E-state index in [4.69, 9.17) is 4.74 Å². The average Bonchev–Trinajstić information content (AvgIpc) is 3.00. The highest BCUT2D eigenvalue weighted by molar-refractivity contribution is 5.92. The fourth-order valence-electron chi connectivity index (χ4n) is 2.28. The number of phenolic OH excluding ortho intramolecular Hbond substituents is 1. The van der Waals surface area contributed by atoms with Gasteiger partial charge in [-0.05, 0) is 32.0 Å². The fraction of sp³-hybridized carbons (Fsp3) is 0.188. The summed E-state index contributed by atoms with van der Waals surface area (Å²) in [4.78, 5) is 20.4. The molecule has 0 unspecified atom stereocenters. The molecule has 2 N–H and O–H groups in total. The Bertz CT molecular complexity index is 979. The molecule has 2 heterocycles. The number of phenols is 1. The second-order valence-corrected chi connectivity index (χ2v) is 5.28. The van der Waals surface area contributed by atoms with Crippen molar-refractivity contribution in [3.8, 4) is 11.5 Å². The molecule has 0 saturated carbocycles. The Morgan fingerprint density at radius 3 is 2.92 bits per heavy atom. The molecular formula is C16H16N6O3. The number of fused-ring (bicyclic) bond motifs is 1. The number of nitrogens with zero attached hydrogens (tertiary/aromatic N) is 5. The standard InChI is InChI=1S/C16H16N6O3/c1-9-7-10(2)22-16(18-9)19-14(21-22)15(24)20-17-8-11-5-4-6-12(25-3)13(11)23/h4-8,23H,1-3H3,(H,20,24). The maximum absolute atomic E-state index is 12.1. The lowest BCUT2D eigenvalue weighted by molar-refractivity contribution is 0.0945. The molecule has 9 nitrogen and oxygen atoms in total. The molecule has 0 bridgehead atoms. The van der Waals surface area contributed by atoms with Gasteiger partial charge < -0.3 is 9.84 Å². The van der Waals surface area contributed by atoms with Crippen LogP contribution in [0.25, 0.3) is 5.78 Å². The van der Waals surface area contributed by atoms with E-state index in [0.29, 0.717) is 17.1 Å². The third-order valence-corrected chi connectivity index (χ3v) is 3.44. The van der Waals surface area contributed by atoms with E-state index in [-0.39, 0.29) is 11.6 Å². The number of ether oxygens (including phenoxy) is 1. The number of methoxy groups -OCH3 is 1. The van der Waals surface area contributed by atoms with Crippen molar-refractivity contribution in [2.24, 2.45) is 5.10 Å². The Morgan fingerprint density at radius 2 is 2.16 bits per heavy atom. The number of aryl methyl sites for hydroxylation is 2. The third kappa shape index (κ3) is 3.25. The molecule has 0 aliphatic heterocycles. The highest BCUT2D eigenvalue weighted by Crippen LogP contribution is 2.27. The van der Waals surface area contributed by atoms with Crippen molar-refractivity contribution in [1.82, 2.24) is 25.0 Å². The summed E-state index contributed by atoms with van der Waals surface area (Å²) in [5.41, 5.74) is 4.32. The first-order valence-corrected chi connectivity index (χ1v) is 7.40. The molecule has 3 rings (SSSR count). The van der Waals surface area contributed by atoms with Gasteiger partial charge in [-0.3, -0.25) is 4.79 Å². The lowest BCUT2D eigenvalue weighted by atomic mass is 10.2. The summed E-state index contributed by atoms with van der Waals surface area (Å²) in [6.45, 7) is 3.69. The molecule has 0 spiro atoms. The van der Waals surface area contributed by atoms with E-state index in [1.165, 1.54) is 17.8 Å². The molecule has 0 atom stereocenters. The Balaban J connectivity index is 1.78. The van der Waals surface area contributed by atoms with Crippen LogP contribution in [0.3, 0.4) is 0 Å². The number of carbonyl (C=O) groups excluding carboxylic acids is 1. The van der Waals surface area contributed by atoms with Crippen LogP contribution in [0.15, 0.2) is 29.4 Å². The highest BCUT2D eigenvalue weighted by atomic mass is 16.5. The Morgan fingerprint density at radius 1 is 1.36 bits per heavy atom. The Hall–Kier alpha value is -3.49. The van der Waals surface area contributed by atoms with Crippen molar-refractivity contribution in [3.63, 3.8) is 0 Å². The zero-order valence-electron chi connectivity index (χ0n) is 13.9. The van der Waals surface area contributed by atoms with Gasteiger partial charge in [0.05, 0.1) is 13.3 Å². The van der Waals surface area contributed by atoms with Crippen LogP contribution in [-0.4, -0.2) is 43.9 Å². The molecule has 0 aliphatic rings. The van der Waals surface area contributed by atoms with Gasteiger partial charge in [-0.2, -0.15) is 10.1 Å². The van der Waals surface area contributed by atoms with Crippen molar-refractivity contribution in [1.29, 1.82) is 0 Å². The number of aromatic hydroxyl groups is 1. The summed E-state index contributed by atoms with van der Waals surface area (Å²) in [7, 11) is 1.45. The molecule has 128 valence electrons. The molecule has 1 amide bonds. The molecular weight excluding hydrogens is 324 g/mol. The van der Waals surface area contributed by atoms with Crippen LogP contribution in [0.5, 0.6) is 11.5 Å². The lowest BCUT2D eigenvalue weighted by Gasteiger charge is -2.04. The van der Waals surface area contributed by atoms with E-state index in [9.17, 15) is 9.90 Å². The predicted molar refractivity (Wildman–Crippen MR) is 90.0 cm³/mol. The minimum absolute atomic E-state index is 0.0479. The first-order chi connectivity index (χ1) is 12.0. The second kappa shape index (κ2) is 6.56. The largest absolute Gasteiger partial charge is 0.504 e. The molecule has 25 heavy (non-hydrogen) atoms. The summed E-state index contributed by atoms with van der Waals surface area (Å²) in [5.74, 6) is -0.0372. The number of hydrazone groups is 1. The third-order valence-electron chi connectivity index (χ3n) is 3.44. The van der Waals surface area contributed by atoms with E-state index in [2.05, 4.69) is 25.6 Å². The number of amides is 1. The zero-order valence-corrected chi connectivity index (χ0v) is 13.9. The van der Waals surface area contributed by atoms with Gasteiger partial charge in [-0.25, -0.2) is 14.9 Å². The van der Waals surface area contributed by atoms with Gasteiger partial charge in [0.2, 0.25) is 5.82 Å². The Kier molecular flexibility index (Phi) is 4.29. The molecule has 0 saturated heterocycles. The number of carbonyl (C=O) groups is 1. The van der Waals surface area contributed by atoms with E-state index >= 15 is 0 Å². The van der Waals surface area contributed by atoms with Gasteiger partial charge in [0.15, 0.2) is 11.5 Å². The SMILES string of the molecule is COc1cccc(C=NNC(=O)c2nc3nc(C)cc(C)n3n2)c1O. The summed E-state index contributed by atoms with van der Waals surface area (Å²) in [6, 6.07) is 6.78. The van der Waals surface area contributed by atoms with Crippen LogP contribution in [0.2, 0.25) is 0 Å². The van der Waals surface area contributed by atoms with Crippen molar-refractivity contribution >= 4 is 17.9 Å². The van der Waals surface area contributed by atoms with E-state index in [1.54, 1.807) is 18.2 Å². The molecule has 9 heteroatoms. The lowest BCUT2D eigenvalue weighted by Crippen LogP contribution is -2.19. The van der Waals surface area contributed by atoms with Crippen molar-refractivity contribution in [2.45, 2.75) is 13.8 Å². The molecule has 2 aromatic heterocycles. The number of rotatable bonds is 4. The van der Waals surface area contributed by atoms with Gasteiger partial charge in [-0.15, -0.1) is 5.10 Å². The minimum atomic E-state index is -0.582. The highest BCUT2D eigenvalue weighted by Gasteiger charge is 2.14. The zero-order chi connectivity index (χ0) is 18.0. The van der Waals surface area contributed by atoms with Gasteiger partial charge in [0, 0.05) is 17.0 Å². The molecule has 0 aliphatic carbocycles. The average molecular weight is 340 g/mol. The summed E-state index contributed by atoms with van der Waals surface area (Å²) >= 11 is 0. The van der Waals surface area contributed by atoms with Gasteiger partial charge >= 0.3 is 5.91 Å². The number of aromatic nitrogens is 4. The summed E-state index contributed by atoms with van der Waals surface area (Å²) in [6.07, 6.45) is 1.30. The normalized spacial score (nSPS) is 11.2. The van der Waals surface area contributed by atoms with E-state index in [0.717, 1.165) is 11.4 Å². The quantitative estimate of drug-likeness (QED) is 0.545. The molecule has 3 aromatic rings. The maximum atomic E-state index is 12.1. The van der Waals surface area contributed by atoms with Crippen molar-refractivity contribution < 1.29 is 14.6 Å². The minimum Gasteiger partial charge on any atom is -0.504 e. The number of para-hydroxylation sites is 1. The monoisotopic (exact) mass is 340 g/mol. The van der Waals surface area contributed by atoms with Crippen LogP contribution in [0, 0.1) is 13.8 Å². The molecule has 0 fully saturated rings. The summed E-state index contributed by atoms with van der Waals surface area (Å²) in [5, 5.41) is 17.9. The van der Waals surface area contributed by atoms with Gasteiger partial charge in [0.1, 0.15) is 0 Å². The van der Waals surface area contributed by atoms with E-state index < -0.39 is 5.91 Å². The van der Waals surface area contributed by atoms with Crippen LogP contribution in [0.1, 0.15) is 27.6 Å². The van der Waals surface area contributed by atoms with Gasteiger partial charge in [-0.1, -0.05) is 6.07 Å². The number of hydrogen-bond donors (Lipinski definition) is 2.